The van der Waals surface area contributed by atoms with E-state index in [2.05, 4.69) is 10.1 Å². The lowest BCUT2D eigenvalue weighted by atomic mass is 9.94. The molecule has 5 rings (SSSR count). The van der Waals surface area contributed by atoms with Gasteiger partial charge in [0.15, 0.2) is 0 Å². The van der Waals surface area contributed by atoms with Crippen LogP contribution in [0.25, 0.3) is 17.1 Å². The number of Topliss-reactive ketones (excluding diaryl/α,β-unsaturated/α-hetero) is 1. The highest BCUT2D eigenvalue weighted by Gasteiger charge is 2.47. The highest BCUT2D eigenvalue weighted by molar-refractivity contribution is 6.51. The Labute approximate surface area is 212 Å². The van der Waals surface area contributed by atoms with Gasteiger partial charge >= 0.3 is 0 Å². The van der Waals surface area contributed by atoms with Gasteiger partial charge in [0.1, 0.15) is 17.3 Å². The number of aryl methyl sites for hydroxylation is 1. The smallest absolute Gasteiger partial charge is 0.300 e. The third-order valence-electron chi connectivity index (χ3n) is 6.17. The lowest BCUT2D eigenvalue weighted by Crippen LogP contribution is -2.29. The summed E-state index contributed by atoms with van der Waals surface area (Å²) in [5.74, 6) is 0.0370. The van der Waals surface area contributed by atoms with E-state index >= 15 is 0 Å². The summed E-state index contributed by atoms with van der Waals surface area (Å²) in [6, 6.07) is 19.6. The van der Waals surface area contributed by atoms with Crippen molar-refractivity contribution in [1.82, 2.24) is 10.1 Å². The second-order valence-electron chi connectivity index (χ2n) is 8.32. The fourth-order valence-corrected chi connectivity index (χ4v) is 4.38. The Morgan fingerprint density at radius 1 is 0.946 bits per heavy atom. The van der Waals surface area contributed by atoms with E-state index in [1.807, 2.05) is 0 Å². The van der Waals surface area contributed by atoms with Crippen molar-refractivity contribution in [3.05, 3.63) is 95.4 Å². The van der Waals surface area contributed by atoms with Crippen LogP contribution >= 0.6 is 0 Å². The van der Waals surface area contributed by atoms with Gasteiger partial charge in [-0.2, -0.15) is 4.98 Å². The monoisotopic (exact) mass is 497 g/mol. The first kappa shape index (κ1) is 23.8. The molecule has 9 heteroatoms. The van der Waals surface area contributed by atoms with Crippen molar-refractivity contribution in [2.45, 2.75) is 13.0 Å². The van der Waals surface area contributed by atoms with Crippen LogP contribution in [0.15, 0.2) is 82.9 Å². The summed E-state index contributed by atoms with van der Waals surface area (Å²) in [5.41, 5.74) is 2.02. The standard InChI is InChI=1S/C28H23N3O6/c1-16-29-27(30-37-16)18-8-12-19(13-9-18)31-24(21-6-4-5-7-22(21)36-3)23(26(33)28(31)34)25(32)17-10-14-20(35-2)15-11-17/h4-15,24,32H,1-3H3. The summed E-state index contributed by atoms with van der Waals surface area (Å²) in [5, 5.41) is 15.2. The molecule has 2 heterocycles. The highest BCUT2D eigenvalue weighted by Crippen LogP contribution is 2.45. The van der Waals surface area contributed by atoms with Crippen LogP contribution in [0.2, 0.25) is 0 Å². The van der Waals surface area contributed by atoms with Crippen LogP contribution in [0.5, 0.6) is 11.5 Å². The number of nitrogens with zero attached hydrogens (tertiary/aromatic N) is 3. The van der Waals surface area contributed by atoms with Gasteiger partial charge in [-0.15, -0.1) is 0 Å². The molecule has 1 atom stereocenters. The molecular formula is C28H23N3O6. The minimum absolute atomic E-state index is 0.0439. The van der Waals surface area contributed by atoms with Gasteiger partial charge < -0.3 is 19.1 Å². The summed E-state index contributed by atoms with van der Waals surface area (Å²) in [4.78, 5) is 32.4. The Morgan fingerprint density at radius 3 is 2.27 bits per heavy atom. The zero-order valence-corrected chi connectivity index (χ0v) is 20.3. The predicted molar refractivity (Wildman–Crippen MR) is 135 cm³/mol. The number of amides is 1. The Morgan fingerprint density at radius 2 is 1.65 bits per heavy atom. The number of hydrogen-bond acceptors (Lipinski definition) is 8. The zero-order valence-electron chi connectivity index (χ0n) is 20.3. The van der Waals surface area contributed by atoms with Crippen molar-refractivity contribution in [3.8, 4) is 22.9 Å². The molecule has 1 amide bonds. The number of benzene rings is 3. The molecule has 4 aromatic rings. The average Bonchev–Trinajstić information content (AvgIpc) is 3.49. The van der Waals surface area contributed by atoms with Gasteiger partial charge in [-0.25, -0.2) is 0 Å². The lowest BCUT2D eigenvalue weighted by Gasteiger charge is -2.26. The molecule has 1 aliphatic rings. The van der Waals surface area contributed by atoms with E-state index in [0.717, 1.165) is 0 Å². The molecule has 0 saturated carbocycles. The molecule has 1 fully saturated rings. The van der Waals surface area contributed by atoms with Crippen molar-refractivity contribution in [1.29, 1.82) is 0 Å². The molecule has 3 aromatic carbocycles. The number of ketones is 1. The first-order valence-corrected chi connectivity index (χ1v) is 11.4. The summed E-state index contributed by atoms with van der Waals surface area (Å²) in [7, 11) is 3.05. The second kappa shape index (κ2) is 9.62. The molecule has 0 aliphatic carbocycles. The Hall–Kier alpha value is -4.92. The molecule has 37 heavy (non-hydrogen) atoms. The van der Waals surface area contributed by atoms with Crippen molar-refractivity contribution in [2.24, 2.45) is 0 Å². The van der Waals surface area contributed by atoms with Crippen LogP contribution in [0.4, 0.5) is 5.69 Å². The van der Waals surface area contributed by atoms with E-state index in [1.54, 1.807) is 79.7 Å². The van der Waals surface area contributed by atoms with Crippen molar-refractivity contribution in [3.63, 3.8) is 0 Å². The van der Waals surface area contributed by atoms with Gasteiger partial charge in [-0.1, -0.05) is 23.4 Å². The molecule has 0 radical (unpaired) electrons. The average molecular weight is 498 g/mol. The quantitative estimate of drug-likeness (QED) is 0.232. The molecule has 1 unspecified atom stereocenters. The van der Waals surface area contributed by atoms with Crippen LogP contribution in [0, 0.1) is 6.92 Å². The van der Waals surface area contributed by atoms with E-state index < -0.39 is 17.7 Å². The molecular weight excluding hydrogens is 474 g/mol. The number of rotatable bonds is 6. The normalized spacial score (nSPS) is 16.7. The maximum atomic E-state index is 13.4. The summed E-state index contributed by atoms with van der Waals surface area (Å²) in [6.45, 7) is 1.69. The summed E-state index contributed by atoms with van der Waals surface area (Å²) < 4.78 is 15.8. The van der Waals surface area contributed by atoms with Crippen LogP contribution in [0.1, 0.15) is 23.1 Å². The Kier molecular flexibility index (Phi) is 6.19. The molecule has 1 saturated heterocycles. The molecule has 1 aromatic heterocycles. The Bertz CT molecular complexity index is 1510. The van der Waals surface area contributed by atoms with E-state index in [1.165, 1.54) is 19.1 Å². The predicted octanol–water partition coefficient (Wildman–Crippen LogP) is 4.69. The molecule has 186 valence electrons. The van der Waals surface area contributed by atoms with E-state index in [9.17, 15) is 14.7 Å². The molecule has 1 N–H and O–H groups in total. The fraction of sp³-hybridized carbons (Fsp3) is 0.143. The second-order valence-corrected chi connectivity index (χ2v) is 8.32. The number of carbonyl (C=O) groups is 2. The van der Waals surface area contributed by atoms with Crippen LogP contribution in [-0.4, -0.2) is 41.2 Å². The van der Waals surface area contributed by atoms with Gasteiger partial charge in [0.25, 0.3) is 11.7 Å². The summed E-state index contributed by atoms with van der Waals surface area (Å²) in [6.07, 6.45) is 0. The number of aromatic nitrogens is 2. The third-order valence-corrected chi connectivity index (χ3v) is 6.17. The topological polar surface area (TPSA) is 115 Å². The first-order valence-electron chi connectivity index (χ1n) is 11.4. The number of anilines is 1. The third kappa shape index (κ3) is 4.20. The number of aliphatic hydroxyl groups excluding tert-OH is 1. The minimum Gasteiger partial charge on any atom is -0.507 e. The van der Waals surface area contributed by atoms with Gasteiger partial charge in [0.05, 0.1) is 25.8 Å². The van der Waals surface area contributed by atoms with E-state index in [0.29, 0.717) is 45.6 Å². The molecule has 9 nitrogen and oxygen atoms in total. The van der Waals surface area contributed by atoms with Crippen LogP contribution in [0.3, 0.4) is 0 Å². The van der Waals surface area contributed by atoms with Gasteiger partial charge in [0.2, 0.25) is 11.7 Å². The van der Waals surface area contributed by atoms with E-state index in [-0.39, 0.29) is 11.3 Å². The zero-order chi connectivity index (χ0) is 26.1. The minimum atomic E-state index is -0.934. The number of aliphatic hydroxyl groups is 1. The highest BCUT2D eigenvalue weighted by atomic mass is 16.5. The molecule has 0 spiro atoms. The number of carbonyl (C=O) groups excluding carboxylic acids is 2. The molecule has 1 aliphatic heterocycles. The number of para-hydroxylation sites is 1. The number of ether oxygens (including phenoxy) is 2. The van der Waals surface area contributed by atoms with Crippen molar-refractivity contribution in [2.75, 3.05) is 19.1 Å². The van der Waals surface area contributed by atoms with Crippen LogP contribution < -0.4 is 14.4 Å². The van der Waals surface area contributed by atoms with Crippen molar-refractivity contribution < 1.29 is 28.7 Å². The van der Waals surface area contributed by atoms with Crippen LogP contribution in [-0.2, 0) is 9.59 Å². The molecule has 0 bridgehead atoms. The SMILES string of the molecule is COc1ccc(C(O)=C2C(=O)C(=O)N(c3ccc(-c4noc(C)n4)cc3)C2c2ccccc2OC)cc1. The Balaban J connectivity index is 1.66. The van der Waals surface area contributed by atoms with Gasteiger partial charge in [-0.05, 0) is 54.6 Å². The maximum absolute atomic E-state index is 13.4. The number of methoxy groups -OCH3 is 2. The fourth-order valence-electron chi connectivity index (χ4n) is 4.38. The van der Waals surface area contributed by atoms with Gasteiger partial charge in [-0.3, -0.25) is 14.5 Å². The summed E-state index contributed by atoms with van der Waals surface area (Å²) >= 11 is 0. The maximum Gasteiger partial charge on any atom is 0.300 e. The lowest BCUT2D eigenvalue weighted by molar-refractivity contribution is -0.132. The van der Waals surface area contributed by atoms with E-state index in [4.69, 9.17) is 14.0 Å². The van der Waals surface area contributed by atoms with Crippen molar-refractivity contribution >= 4 is 23.1 Å². The largest absolute Gasteiger partial charge is 0.507 e. The first-order chi connectivity index (χ1) is 17.9. The van der Waals surface area contributed by atoms with Gasteiger partial charge in [0, 0.05) is 29.3 Å². The number of hydrogen-bond donors (Lipinski definition) is 1.